The summed E-state index contributed by atoms with van der Waals surface area (Å²) in [4.78, 5) is 11.9. The van der Waals surface area contributed by atoms with Gasteiger partial charge in [-0.2, -0.15) is 0 Å². The van der Waals surface area contributed by atoms with Crippen LogP contribution in [0, 0.1) is 0 Å². The van der Waals surface area contributed by atoms with Crippen molar-refractivity contribution in [3.8, 4) is 17.0 Å². The van der Waals surface area contributed by atoms with Gasteiger partial charge in [0.05, 0.1) is 32.8 Å². The van der Waals surface area contributed by atoms with Crippen LogP contribution in [0.3, 0.4) is 0 Å². The second kappa shape index (κ2) is 9.41. The van der Waals surface area contributed by atoms with E-state index in [0.717, 1.165) is 23.6 Å². The van der Waals surface area contributed by atoms with E-state index in [-0.39, 0.29) is 24.4 Å². The van der Waals surface area contributed by atoms with E-state index in [2.05, 4.69) is 15.8 Å². The largest absolute Gasteiger partial charge is 0.497 e. The summed E-state index contributed by atoms with van der Waals surface area (Å²) in [5.74, 6) is 1.33. The van der Waals surface area contributed by atoms with Crippen LogP contribution >= 0.6 is 12.4 Å². The molecular weight excluding hydrogens is 346 g/mol. The van der Waals surface area contributed by atoms with Crippen molar-refractivity contribution in [3.05, 3.63) is 36.1 Å². The highest BCUT2D eigenvalue weighted by Crippen LogP contribution is 2.22. The summed E-state index contributed by atoms with van der Waals surface area (Å²) < 4.78 is 15.9. The summed E-state index contributed by atoms with van der Waals surface area (Å²) in [6.45, 7) is 2.50. The maximum atomic E-state index is 11.9. The Balaban J connectivity index is 0.00000225. The van der Waals surface area contributed by atoms with Crippen molar-refractivity contribution >= 4 is 18.3 Å². The van der Waals surface area contributed by atoms with Gasteiger partial charge in [0.1, 0.15) is 11.4 Å². The first-order chi connectivity index (χ1) is 11.7. The number of rotatable bonds is 6. The number of morpholine rings is 1. The Labute approximate surface area is 152 Å². The Kier molecular flexibility index (Phi) is 7.24. The number of halogens is 1. The first-order valence-electron chi connectivity index (χ1n) is 7.93. The second-order valence-electron chi connectivity index (χ2n) is 5.58. The van der Waals surface area contributed by atoms with Crippen molar-refractivity contribution in [1.29, 1.82) is 0 Å². The van der Waals surface area contributed by atoms with Crippen LogP contribution in [-0.2, 0) is 16.1 Å². The first-order valence-corrected chi connectivity index (χ1v) is 7.93. The number of methoxy groups -OCH3 is 1. The molecular formula is C17H22ClN3O4. The molecule has 1 aromatic heterocycles. The number of carbonyl (C=O) groups excluding carboxylic acids is 1. The number of carbonyl (C=O) groups is 1. The third kappa shape index (κ3) is 5.45. The van der Waals surface area contributed by atoms with Gasteiger partial charge in [-0.3, -0.25) is 4.79 Å². The van der Waals surface area contributed by atoms with Gasteiger partial charge in [-0.05, 0) is 24.3 Å². The maximum absolute atomic E-state index is 11.9. The highest BCUT2D eigenvalue weighted by Gasteiger charge is 2.17. The molecule has 1 unspecified atom stereocenters. The third-order valence-electron chi connectivity index (χ3n) is 3.82. The summed E-state index contributed by atoms with van der Waals surface area (Å²) in [5.41, 5.74) is 1.65. The zero-order valence-corrected chi connectivity index (χ0v) is 14.8. The highest BCUT2D eigenvalue weighted by atomic mass is 35.5. The molecule has 2 N–H and O–H groups in total. The summed E-state index contributed by atoms with van der Waals surface area (Å²) >= 11 is 0. The third-order valence-corrected chi connectivity index (χ3v) is 3.82. The summed E-state index contributed by atoms with van der Waals surface area (Å²) in [6.07, 6.45) is 0.273. The van der Waals surface area contributed by atoms with E-state index in [1.165, 1.54) is 0 Å². The van der Waals surface area contributed by atoms with Crippen LogP contribution in [0.2, 0.25) is 0 Å². The lowest BCUT2D eigenvalue weighted by molar-refractivity contribution is -0.124. The Hall–Kier alpha value is -2.09. The minimum atomic E-state index is -0.0664. The summed E-state index contributed by atoms with van der Waals surface area (Å²) in [7, 11) is 1.63. The van der Waals surface area contributed by atoms with E-state index >= 15 is 0 Å². The van der Waals surface area contributed by atoms with Gasteiger partial charge in [0.25, 0.3) is 0 Å². The fraction of sp³-hybridized carbons (Fsp3) is 0.412. The summed E-state index contributed by atoms with van der Waals surface area (Å²) in [5, 5.41) is 10.1. The van der Waals surface area contributed by atoms with Gasteiger partial charge >= 0.3 is 0 Å². The molecule has 1 fully saturated rings. The highest BCUT2D eigenvalue weighted by molar-refractivity contribution is 5.85. The lowest BCUT2D eigenvalue weighted by atomic mass is 10.1. The number of amides is 1. The van der Waals surface area contributed by atoms with Gasteiger partial charge < -0.3 is 24.6 Å². The van der Waals surface area contributed by atoms with E-state index in [1.807, 2.05) is 30.3 Å². The predicted octanol–water partition coefficient (Wildman–Crippen LogP) is 1.77. The molecule has 2 heterocycles. The van der Waals surface area contributed by atoms with Crippen molar-refractivity contribution in [2.75, 3.05) is 26.8 Å². The minimum Gasteiger partial charge on any atom is -0.497 e. The SMILES string of the molecule is COc1ccc(-c2cc(CNC(=O)CC3CNCCO3)on2)cc1.Cl. The number of aromatic nitrogens is 1. The quantitative estimate of drug-likeness (QED) is 0.809. The molecule has 2 aromatic rings. The van der Waals surface area contributed by atoms with Crippen LogP contribution in [0.5, 0.6) is 5.75 Å². The van der Waals surface area contributed by atoms with Crippen molar-refractivity contribution < 1.29 is 18.8 Å². The number of benzene rings is 1. The average Bonchev–Trinajstić information content (AvgIpc) is 3.10. The fourth-order valence-corrected chi connectivity index (χ4v) is 2.51. The molecule has 0 aliphatic carbocycles. The van der Waals surface area contributed by atoms with Crippen LogP contribution < -0.4 is 15.4 Å². The minimum absolute atomic E-state index is 0. The number of ether oxygens (including phenoxy) is 2. The molecule has 3 rings (SSSR count). The molecule has 0 spiro atoms. The van der Waals surface area contributed by atoms with Gasteiger partial charge in [0.15, 0.2) is 5.76 Å². The maximum Gasteiger partial charge on any atom is 0.223 e. The van der Waals surface area contributed by atoms with Crippen LogP contribution in [0.15, 0.2) is 34.9 Å². The second-order valence-corrected chi connectivity index (χ2v) is 5.58. The fourth-order valence-electron chi connectivity index (χ4n) is 2.51. The van der Waals surface area contributed by atoms with Gasteiger partial charge in [0.2, 0.25) is 5.91 Å². The lowest BCUT2D eigenvalue weighted by Crippen LogP contribution is -2.41. The zero-order chi connectivity index (χ0) is 16.8. The number of nitrogens with one attached hydrogen (secondary N) is 2. The van der Waals surface area contributed by atoms with E-state index in [1.54, 1.807) is 7.11 Å². The Morgan fingerprint density at radius 1 is 1.40 bits per heavy atom. The molecule has 1 saturated heterocycles. The van der Waals surface area contributed by atoms with Crippen molar-refractivity contribution in [1.82, 2.24) is 15.8 Å². The number of hydrogen-bond donors (Lipinski definition) is 2. The monoisotopic (exact) mass is 367 g/mol. The molecule has 8 heteroatoms. The lowest BCUT2D eigenvalue weighted by Gasteiger charge is -2.22. The van der Waals surface area contributed by atoms with Crippen molar-refractivity contribution in [2.45, 2.75) is 19.1 Å². The normalized spacial score (nSPS) is 16.8. The Morgan fingerprint density at radius 3 is 2.88 bits per heavy atom. The molecule has 136 valence electrons. The molecule has 1 aliphatic heterocycles. The van der Waals surface area contributed by atoms with Crippen LogP contribution in [0.4, 0.5) is 0 Å². The topological polar surface area (TPSA) is 85.6 Å². The van der Waals surface area contributed by atoms with E-state index in [0.29, 0.717) is 31.9 Å². The zero-order valence-electron chi connectivity index (χ0n) is 14.0. The van der Waals surface area contributed by atoms with Crippen LogP contribution in [0.1, 0.15) is 12.2 Å². The molecule has 1 atom stereocenters. The first kappa shape index (κ1) is 19.2. The molecule has 0 bridgehead atoms. The predicted molar refractivity (Wildman–Crippen MR) is 94.8 cm³/mol. The number of hydrogen-bond acceptors (Lipinski definition) is 6. The van der Waals surface area contributed by atoms with Crippen LogP contribution in [-0.4, -0.2) is 44.0 Å². The average molecular weight is 368 g/mol. The van der Waals surface area contributed by atoms with Gasteiger partial charge in [-0.1, -0.05) is 5.16 Å². The smallest absolute Gasteiger partial charge is 0.223 e. The van der Waals surface area contributed by atoms with Gasteiger partial charge in [-0.25, -0.2) is 0 Å². The van der Waals surface area contributed by atoms with Crippen molar-refractivity contribution in [3.63, 3.8) is 0 Å². The number of nitrogens with zero attached hydrogens (tertiary/aromatic N) is 1. The molecule has 0 radical (unpaired) electrons. The molecule has 7 nitrogen and oxygen atoms in total. The van der Waals surface area contributed by atoms with E-state index in [4.69, 9.17) is 14.0 Å². The van der Waals surface area contributed by atoms with E-state index in [9.17, 15) is 4.79 Å². The van der Waals surface area contributed by atoms with Gasteiger partial charge in [0, 0.05) is 24.7 Å². The molecule has 1 aliphatic rings. The van der Waals surface area contributed by atoms with Crippen molar-refractivity contribution in [2.24, 2.45) is 0 Å². The molecule has 25 heavy (non-hydrogen) atoms. The Bertz CT molecular complexity index is 669. The Morgan fingerprint density at radius 2 is 2.20 bits per heavy atom. The van der Waals surface area contributed by atoms with Gasteiger partial charge in [-0.15, -0.1) is 12.4 Å². The standard InChI is InChI=1S/C17H21N3O4.ClH/c1-22-13-4-2-12(3-5-13)16-8-15(24-20-16)11-19-17(21)9-14-10-18-6-7-23-14;/h2-5,8,14,18H,6-7,9-11H2,1H3,(H,19,21);1H. The molecule has 1 amide bonds. The molecule has 0 saturated carbocycles. The molecule has 1 aromatic carbocycles. The van der Waals surface area contributed by atoms with E-state index < -0.39 is 0 Å². The van der Waals surface area contributed by atoms with Crippen LogP contribution in [0.25, 0.3) is 11.3 Å². The summed E-state index contributed by atoms with van der Waals surface area (Å²) in [6, 6.07) is 9.37.